The molecule has 0 saturated heterocycles. The smallest absolute Gasteiger partial charge is 0.197 e. The van der Waals surface area contributed by atoms with Crippen LogP contribution >= 0.6 is 34.4 Å². The molecule has 2 rings (SSSR count). The van der Waals surface area contributed by atoms with E-state index in [1.807, 2.05) is 17.5 Å². The van der Waals surface area contributed by atoms with Crippen molar-refractivity contribution in [3.8, 4) is 9.88 Å². The summed E-state index contributed by atoms with van der Waals surface area (Å²) in [6.07, 6.45) is 0. The normalized spacial score (nSPS) is 11.1. The quantitative estimate of drug-likeness (QED) is 0.779. The largest absolute Gasteiger partial charge is 0.291 e. The number of hydrogen-bond donors (Lipinski definition) is 0. The van der Waals surface area contributed by atoms with Crippen LogP contribution < -0.4 is 0 Å². The molecule has 0 amide bonds. The Morgan fingerprint density at radius 3 is 2.86 bits per heavy atom. The lowest BCUT2D eigenvalue weighted by Crippen LogP contribution is -1.79. The van der Waals surface area contributed by atoms with Gasteiger partial charge in [0.15, 0.2) is 9.35 Å². The number of rotatable bonds is 3. The number of hydrogen-bond acceptors (Lipinski definition) is 5. The molecule has 0 bridgehead atoms. The highest BCUT2D eigenvalue weighted by atomic mass is 32.2. The average Bonchev–Trinajstić information content (AvgIpc) is 2.69. The number of halogens is 2. The molecule has 14 heavy (non-hydrogen) atoms. The predicted octanol–water partition coefficient (Wildman–Crippen LogP) is 3.58. The van der Waals surface area contributed by atoms with Gasteiger partial charge in [-0.1, -0.05) is 17.4 Å². The summed E-state index contributed by atoms with van der Waals surface area (Å²) in [5.74, 6) is -2.43. The molecule has 0 aliphatic rings. The minimum absolute atomic E-state index is 0.309. The summed E-state index contributed by atoms with van der Waals surface area (Å²) in [5.41, 5.74) is 0. The van der Waals surface area contributed by atoms with Crippen molar-refractivity contribution < 1.29 is 8.78 Å². The van der Waals surface area contributed by atoms with E-state index in [1.165, 1.54) is 22.7 Å². The van der Waals surface area contributed by atoms with Gasteiger partial charge in [-0.3, -0.25) is 0 Å². The van der Waals surface area contributed by atoms with Gasteiger partial charge in [0.1, 0.15) is 0 Å². The Kier molecular flexibility index (Phi) is 3.09. The summed E-state index contributed by atoms with van der Waals surface area (Å²) in [7, 11) is 0. The molecule has 2 aromatic heterocycles. The fourth-order valence-corrected chi connectivity index (χ4v) is 3.09. The standard InChI is InChI=1S/C7H4F2N2S3/c8-6(9)14-7-11-10-5(13-7)4-2-1-3-12-4/h1-3,6H. The third kappa shape index (κ3) is 2.28. The van der Waals surface area contributed by atoms with Gasteiger partial charge in [-0.15, -0.1) is 21.5 Å². The molecule has 0 aliphatic heterocycles. The second kappa shape index (κ2) is 4.33. The van der Waals surface area contributed by atoms with E-state index in [9.17, 15) is 8.78 Å². The number of thioether (sulfide) groups is 1. The van der Waals surface area contributed by atoms with Crippen LogP contribution in [0.4, 0.5) is 8.78 Å². The molecule has 0 fully saturated rings. The molecule has 0 aromatic carbocycles. The first-order chi connectivity index (χ1) is 6.75. The summed E-state index contributed by atoms with van der Waals surface area (Å²) in [6.45, 7) is 0. The average molecular weight is 250 g/mol. The van der Waals surface area contributed by atoms with Crippen molar-refractivity contribution in [1.29, 1.82) is 0 Å². The number of nitrogens with zero attached hydrogens (tertiary/aromatic N) is 2. The molecule has 2 heterocycles. The highest BCUT2D eigenvalue weighted by Gasteiger charge is 2.12. The van der Waals surface area contributed by atoms with Crippen LogP contribution in [0.15, 0.2) is 21.9 Å². The van der Waals surface area contributed by atoms with Crippen LogP contribution in [0, 0.1) is 0 Å². The molecule has 0 spiro atoms. The van der Waals surface area contributed by atoms with E-state index in [0.717, 1.165) is 4.88 Å². The van der Waals surface area contributed by atoms with E-state index in [2.05, 4.69) is 10.2 Å². The third-order valence-corrected chi connectivity index (χ3v) is 4.09. The van der Waals surface area contributed by atoms with Gasteiger partial charge in [-0.05, 0) is 23.2 Å². The van der Waals surface area contributed by atoms with Crippen molar-refractivity contribution in [2.24, 2.45) is 0 Å². The summed E-state index contributed by atoms with van der Waals surface area (Å²) < 4.78 is 24.3. The van der Waals surface area contributed by atoms with Crippen molar-refractivity contribution in [3.63, 3.8) is 0 Å². The Morgan fingerprint density at radius 2 is 2.21 bits per heavy atom. The maximum absolute atomic E-state index is 12.0. The van der Waals surface area contributed by atoms with Gasteiger partial charge in [0.05, 0.1) is 4.88 Å². The minimum atomic E-state index is -2.43. The number of thiophene rings is 1. The van der Waals surface area contributed by atoms with Crippen LogP contribution in [-0.4, -0.2) is 16.0 Å². The fraction of sp³-hybridized carbons (Fsp3) is 0.143. The first-order valence-electron chi connectivity index (χ1n) is 3.58. The van der Waals surface area contributed by atoms with Crippen LogP contribution in [0.1, 0.15) is 0 Å². The Morgan fingerprint density at radius 1 is 1.36 bits per heavy atom. The van der Waals surface area contributed by atoms with Crippen LogP contribution in [0.5, 0.6) is 0 Å². The SMILES string of the molecule is FC(F)Sc1nnc(-c2cccs2)s1. The van der Waals surface area contributed by atoms with Gasteiger partial charge in [-0.2, -0.15) is 8.78 Å². The Balaban J connectivity index is 2.18. The zero-order valence-electron chi connectivity index (χ0n) is 6.68. The van der Waals surface area contributed by atoms with Gasteiger partial charge < -0.3 is 0 Å². The predicted molar refractivity (Wildman–Crippen MR) is 55.1 cm³/mol. The van der Waals surface area contributed by atoms with E-state index in [0.29, 0.717) is 21.1 Å². The van der Waals surface area contributed by atoms with Crippen LogP contribution in [-0.2, 0) is 0 Å². The van der Waals surface area contributed by atoms with Crippen molar-refractivity contribution in [3.05, 3.63) is 17.5 Å². The van der Waals surface area contributed by atoms with E-state index in [1.54, 1.807) is 0 Å². The molecule has 0 N–H and O–H groups in total. The monoisotopic (exact) mass is 250 g/mol. The lowest BCUT2D eigenvalue weighted by Gasteiger charge is -1.89. The Labute approximate surface area is 91.0 Å². The molecule has 0 aliphatic carbocycles. The van der Waals surface area contributed by atoms with Gasteiger partial charge in [0.25, 0.3) is 5.76 Å². The maximum Gasteiger partial charge on any atom is 0.291 e. The summed E-state index contributed by atoms with van der Waals surface area (Å²) in [4.78, 5) is 0.962. The second-order valence-electron chi connectivity index (χ2n) is 2.23. The molecule has 7 heteroatoms. The fourth-order valence-electron chi connectivity index (χ4n) is 0.833. The maximum atomic E-state index is 12.0. The van der Waals surface area contributed by atoms with Gasteiger partial charge in [0, 0.05) is 0 Å². The van der Waals surface area contributed by atoms with E-state index >= 15 is 0 Å². The second-order valence-corrected chi connectivity index (χ2v) is 5.39. The van der Waals surface area contributed by atoms with Crippen molar-refractivity contribution in [2.75, 3.05) is 0 Å². The van der Waals surface area contributed by atoms with E-state index in [4.69, 9.17) is 0 Å². The van der Waals surface area contributed by atoms with E-state index in [-0.39, 0.29) is 0 Å². The van der Waals surface area contributed by atoms with Gasteiger partial charge in [0.2, 0.25) is 0 Å². The molecular weight excluding hydrogens is 246 g/mol. The summed E-state index contributed by atoms with van der Waals surface area (Å²) in [5, 5.41) is 10.1. The first kappa shape index (κ1) is 10.0. The van der Waals surface area contributed by atoms with Crippen LogP contribution in [0.3, 0.4) is 0 Å². The molecule has 2 nitrogen and oxygen atoms in total. The Bertz CT molecular complexity index is 399. The molecule has 2 aromatic rings. The number of aromatic nitrogens is 2. The van der Waals surface area contributed by atoms with E-state index < -0.39 is 5.76 Å². The molecule has 0 saturated carbocycles. The molecular formula is C7H4F2N2S3. The highest BCUT2D eigenvalue weighted by molar-refractivity contribution is 8.01. The molecule has 0 atom stereocenters. The van der Waals surface area contributed by atoms with Crippen LogP contribution in [0.25, 0.3) is 9.88 Å². The molecule has 74 valence electrons. The lowest BCUT2D eigenvalue weighted by atomic mass is 10.5. The van der Waals surface area contributed by atoms with Crippen LogP contribution in [0.2, 0.25) is 0 Å². The molecule has 0 radical (unpaired) electrons. The Hall–Kier alpha value is -0.530. The van der Waals surface area contributed by atoms with Crippen molar-refractivity contribution in [2.45, 2.75) is 10.1 Å². The topological polar surface area (TPSA) is 25.8 Å². The lowest BCUT2D eigenvalue weighted by molar-refractivity contribution is 0.252. The highest BCUT2D eigenvalue weighted by Crippen LogP contribution is 2.33. The summed E-state index contributed by atoms with van der Waals surface area (Å²) >= 11 is 3.14. The number of alkyl halides is 2. The van der Waals surface area contributed by atoms with Crippen molar-refractivity contribution in [1.82, 2.24) is 10.2 Å². The minimum Gasteiger partial charge on any atom is -0.197 e. The van der Waals surface area contributed by atoms with Gasteiger partial charge in [-0.25, -0.2) is 0 Å². The van der Waals surface area contributed by atoms with Gasteiger partial charge >= 0.3 is 0 Å². The third-order valence-electron chi connectivity index (χ3n) is 1.33. The first-order valence-corrected chi connectivity index (χ1v) is 6.15. The zero-order valence-corrected chi connectivity index (χ0v) is 9.13. The summed E-state index contributed by atoms with van der Waals surface area (Å²) in [6, 6.07) is 3.78. The zero-order chi connectivity index (χ0) is 9.97. The van der Waals surface area contributed by atoms with Crippen molar-refractivity contribution >= 4 is 34.4 Å². The molecule has 0 unspecified atom stereocenters.